The minimum atomic E-state index is -0.352. The van der Waals surface area contributed by atoms with Gasteiger partial charge in [-0.15, -0.1) is 0 Å². The molecule has 0 aliphatic rings. The number of benzene rings is 2. The number of anilines is 1. The molecule has 4 aromatic rings. The topological polar surface area (TPSA) is 57.8 Å². The maximum absolute atomic E-state index is 13.7. The van der Waals surface area contributed by atoms with Gasteiger partial charge < -0.3 is 10.3 Å². The molecule has 2 aromatic carbocycles. The summed E-state index contributed by atoms with van der Waals surface area (Å²) in [5.41, 5.74) is 2.43. The van der Waals surface area contributed by atoms with Crippen LogP contribution in [0.15, 0.2) is 60.8 Å². The Kier molecular flexibility index (Phi) is 3.05. The number of hydrogen-bond acceptors (Lipinski definition) is 2. The number of pyridine rings is 1. The van der Waals surface area contributed by atoms with Gasteiger partial charge in [0.25, 0.3) is 5.91 Å². The lowest BCUT2D eigenvalue weighted by Gasteiger charge is -2.05. The average molecular weight is 305 g/mol. The van der Waals surface area contributed by atoms with Crippen LogP contribution in [0, 0.1) is 5.82 Å². The molecule has 2 N–H and O–H groups in total. The van der Waals surface area contributed by atoms with E-state index in [4.69, 9.17) is 0 Å². The van der Waals surface area contributed by atoms with E-state index >= 15 is 0 Å². The van der Waals surface area contributed by atoms with Gasteiger partial charge in [0.1, 0.15) is 11.5 Å². The Morgan fingerprint density at radius 2 is 2.00 bits per heavy atom. The highest BCUT2D eigenvalue weighted by Crippen LogP contribution is 2.21. The number of fused-ring (bicyclic) bond motifs is 2. The van der Waals surface area contributed by atoms with Crippen LogP contribution in [-0.2, 0) is 0 Å². The molecule has 0 aliphatic heterocycles. The first-order valence-corrected chi connectivity index (χ1v) is 7.14. The molecule has 0 atom stereocenters. The number of carbonyl (C=O) groups is 1. The van der Waals surface area contributed by atoms with Crippen LogP contribution in [0.4, 0.5) is 10.1 Å². The number of aromatic amines is 1. The van der Waals surface area contributed by atoms with Crippen molar-refractivity contribution in [2.75, 3.05) is 5.32 Å². The highest BCUT2D eigenvalue weighted by Gasteiger charge is 2.12. The van der Waals surface area contributed by atoms with E-state index in [1.165, 1.54) is 12.1 Å². The molecule has 1 amide bonds. The smallest absolute Gasteiger partial charge is 0.272 e. The molecule has 4 nitrogen and oxygen atoms in total. The van der Waals surface area contributed by atoms with E-state index in [-0.39, 0.29) is 11.7 Å². The second-order valence-corrected chi connectivity index (χ2v) is 5.25. The van der Waals surface area contributed by atoms with Gasteiger partial charge in [0.2, 0.25) is 0 Å². The molecule has 4 rings (SSSR count). The fourth-order valence-electron chi connectivity index (χ4n) is 2.59. The maximum atomic E-state index is 13.7. The van der Waals surface area contributed by atoms with E-state index in [2.05, 4.69) is 15.3 Å². The zero-order valence-corrected chi connectivity index (χ0v) is 12.0. The quantitative estimate of drug-likeness (QED) is 0.585. The van der Waals surface area contributed by atoms with Crippen molar-refractivity contribution in [3.63, 3.8) is 0 Å². The first-order valence-electron chi connectivity index (χ1n) is 7.14. The van der Waals surface area contributed by atoms with Gasteiger partial charge >= 0.3 is 0 Å². The molecule has 2 heterocycles. The van der Waals surface area contributed by atoms with Crippen molar-refractivity contribution in [1.29, 1.82) is 0 Å². The summed E-state index contributed by atoms with van der Waals surface area (Å²) in [6.45, 7) is 0. The van der Waals surface area contributed by atoms with Gasteiger partial charge in [-0.1, -0.05) is 12.1 Å². The van der Waals surface area contributed by atoms with E-state index in [0.717, 1.165) is 10.9 Å². The Morgan fingerprint density at radius 3 is 2.87 bits per heavy atom. The number of carbonyl (C=O) groups excluding carboxylic acids is 1. The Balaban J connectivity index is 1.66. The van der Waals surface area contributed by atoms with Crippen molar-refractivity contribution in [2.24, 2.45) is 0 Å². The van der Waals surface area contributed by atoms with Crippen LogP contribution in [-0.4, -0.2) is 15.9 Å². The van der Waals surface area contributed by atoms with Gasteiger partial charge in [0, 0.05) is 28.2 Å². The maximum Gasteiger partial charge on any atom is 0.272 e. The minimum Gasteiger partial charge on any atom is -0.350 e. The zero-order valence-electron chi connectivity index (χ0n) is 12.0. The molecule has 23 heavy (non-hydrogen) atoms. The molecule has 112 valence electrons. The molecule has 0 spiro atoms. The molecule has 0 unspecified atom stereocenters. The Hall–Kier alpha value is -3.21. The lowest BCUT2D eigenvalue weighted by Crippen LogP contribution is -2.12. The van der Waals surface area contributed by atoms with Gasteiger partial charge in [-0.05, 0) is 42.5 Å². The summed E-state index contributed by atoms with van der Waals surface area (Å²) in [5, 5.41) is 4.15. The van der Waals surface area contributed by atoms with E-state index < -0.39 is 0 Å². The van der Waals surface area contributed by atoms with Crippen molar-refractivity contribution >= 4 is 33.4 Å². The Bertz CT molecular complexity index is 1040. The number of aromatic nitrogens is 2. The third kappa shape index (κ3) is 2.42. The highest BCUT2D eigenvalue weighted by molar-refractivity contribution is 6.06. The predicted octanol–water partition coefficient (Wildman–Crippen LogP) is 4.11. The zero-order chi connectivity index (χ0) is 15.8. The fourth-order valence-corrected chi connectivity index (χ4v) is 2.59. The molecular formula is C18H12FN3O. The number of hydrogen-bond donors (Lipinski definition) is 2. The summed E-state index contributed by atoms with van der Waals surface area (Å²) in [4.78, 5) is 19.5. The number of nitrogens with zero attached hydrogens (tertiary/aromatic N) is 1. The van der Waals surface area contributed by atoms with Crippen molar-refractivity contribution in [2.45, 2.75) is 0 Å². The monoisotopic (exact) mass is 305 g/mol. The standard InChI is InChI=1S/C18H12FN3O/c19-14-4-1-5-16-13(14)10-17(22-16)18(23)21-12-6-7-15-11(9-12)3-2-8-20-15/h1-10,22H,(H,21,23). The number of rotatable bonds is 2. The lowest BCUT2D eigenvalue weighted by molar-refractivity contribution is 0.102. The Morgan fingerprint density at radius 1 is 1.09 bits per heavy atom. The number of amides is 1. The number of halogens is 1. The van der Waals surface area contributed by atoms with Crippen LogP contribution in [0.3, 0.4) is 0 Å². The van der Waals surface area contributed by atoms with Gasteiger partial charge in [0.05, 0.1) is 5.52 Å². The molecule has 0 saturated carbocycles. The van der Waals surface area contributed by atoms with Gasteiger partial charge in [0.15, 0.2) is 0 Å². The van der Waals surface area contributed by atoms with Crippen molar-refractivity contribution in [3.05, 3.63) is 72.3 Å². The summed E-state index contributed by atoms with van der Waals surface area (Å²) in [5.74, 6) is -0.668. The SMILES string of the molecule is O=C(Nc1ccc2ncccc2c1)c1cc2c(F)cccc2[nH]1. The first kappa shape index (κ1) is 13.5. The minimum absolute atomic E-state index is 0.316. The molecule has 0 bridgehead atoms. The van der Waals surface area contributed by atoms with Gasteiger partial charge in [-0.3, -0.25) is 9.78 Å². The number of H-pyrrole nitrogens is 1. The molecule has 2 aromatic heterocycles. The third-order valence-electron chi connectivity index (χ3n) is 3.72. The second-order valence-electron chi connectivity index (χ2n) is 5.25. The van der Waals surface area contributed by atoms with Crippen molar-refractivity contribution < 1.29 is 9.18 Å². The molecular weight excluding hydrogens is 293 g/mol. The normalized spacial score (nSPS) is 11.0. The molecule has 5 heteroatoms. The van der Waals surface area contributed by atoms with Crippen LogP contribution in [0.1, 0.15) is 10.5 Å². The summed E-state index contributed by atoms with van der Waals surface area (Å²) < 4.78 is 13.7. The summed E-state index contributed by atoms with van der Waals surface area (Å²) >= 11 is 0. The third-order valence-corrected chi connectivity index (χ3v) is 3.72. The number of nitrogens with one attached hydrogen (secondary N) is 2. The van der Waals surface area contributed by atoms with E-state index in [0.29, 0.717) is 22.3 Å². The largest absolute Gasteiger partial charge is 0.350 e. The van der Waals surface area contributed by atoms with Gasteiger partial charge in [-0.25, -0.2) is 4.39 Å². The summed E-state index contributed by atoms with van der Waals surface area (Å²) in [6.07, 6.45) is 1.72. The van der Waals surface area contributed by atoms with E-state index in [9.17, 15) is 9.18 Å². The first-order chi connectivity index (χ1) is 11.2. The Labute approximate surface area is 131 Å². The molecule has 0 fully saturated rings. The lowest BCUT2D eigenvalue weighted by atomic mass is 10.2. The van der Waals surface area contributed by atoms with Crippen LogP contribution in [0.5, 0.6) is 0 Å². The summed E-state index contributed by atoms with van der Waals surface area (Å²) in [7, 11) is 0. The average Bonchev–Trinajstić information content (AvgIpc) is 3.01. The van der Waals surface area contributed by atoms with Crippen molar-refractivity contribution in [3.8, 4) is 0 Å². The van der Waals surface area contributed by atoms with E-state index in [1.807, 2.05) is 24.3 Å². The van der Waals surface area contributed by atoms with Crippen molar-refractivity contribution in [1.82, 2.24) is 9.97 Å². The van der Waals surface area contributed by atoms with Gasteiger partial charge in [-0.2, -0.15) is 0 Å². The van der Waals surface area contributed by atoms with Crippen LogP contribution in [0.2, 0.25) is 0 Å². The molecule has 0 saturated heterocycles. The van der Waals surface area contributed by atoms with Crippen LogP contribution < -0.4 is 5.32 Å². The highest BCUT2D eigenvalue weighted by atomic mass is 19.1. The van der Waals surface area contributed by atoms with Crippen LogP contribution in [0.25, 0.3) is 21.8 Å². The fraction of sp³-hybridized carbons (Fsp3) is 0. The van der Waals surface area contributed by atoms with Crippen LogP contribution >= 0.6 is 0 Å². The van der Waals surface area contributed by atoms with E-state index in [1.54, 1.807) is 24.4 Å². The molecule has 0 radical (unpaired) electrons. The summed E-state index contributed by atoms with van der Waals surface area (Å²) in [6, 6.07) is 15.5. The second kappa shape index (κ2) is 5.21. The predicted molar refractivity (Wildman–Crippen MR) is 88.0 cm³/mol. The molecule has 0 aliphatic carbocycles.